The third-order valence-electron chi connectivity index (χ3n) is 4.45. The Balaban J connectivity index is 0.00000156. The highest BCUT2D eigenvalue weighted by Crippen LogP contribution is 2.24. The number of halogens is 1. The van der Waals surface area contributed by atoms with Gasteiger partial charge in [-0.15, -0.1) is 0 Å². The largest absolute Gasteiger partial charge is 1.00 e. The first-order chi connectivity index (χ1) is 10.9. The number of hydrogen-bond donors (Lipinski definition) is 2. The fourth-order valence-corrected chi connectivity index (χ4v) is 3.36. The Labute approximate surface area is 142 Å². The van der Waals surface area contributed by atoms with Crippen LogP contribution in [0.15, 0.2) is 36.7 Å². The lowest BCUT2D eigenvalue weighted by atomic mass is 10.1. The molecule has 23 heavy (non-hydrogen) atoms. The van der Waals surface area contributed by atoms with Crippen LogP contribution in [0, 0.1) is 0 Å². The highest BCUT2D eigenvalue weighted by molar-refractivity contribution is 5.42. The Morgan fingerprint density at radius 2 is 1.91 bits per heavy atom. The number of nitrogens with one attached hydrogen (secondary N) is 1. The predicted molar refractivity (Wildman–Crippen MR) is 84.0 cm³/mol. The van der Waals surface area contributed by atoms with Gasteiger partial charge in [0.15, 0.2) is 6.10 Å². The van der Waals surface area contributed by atoms with Crippen LogP contribution >= 0.6 is 0 Å². The van der Waals surface area contributed by atoms with Gasteiger partial charge >= 0.3 is 0 Å². The molecule has 2 aliphatic rings. The maximum Gasteiger partial charge on any atom is 0.218 e. The molecule has 1 fully saturated rings. The number of benzene rings is 1. The van der Waals surface area contributed by atoms with Crippen molar-refractivity contribution >= 4 is 5.82 Å². The zero-order chi connectivity index (χ0) is 14.8. The number of anilines is 1. The molecule has 0 amide bonds. The summed E-state index contributed by atoms with van der Waals surface area (Å²) in [5.41, 5.74) is 2.87. The highest BCUT2D eigenvalue weighted by Gasteiger charge is 2.22. The summed E-state index contributed by atoms with van der Waals surface area (Å²) in [4.78, 5) is 8.56. The van der Waals surface area contributed by atoms with E-state index in [1.165, 1.54) is 11.1 Å². The molecule has 1 aromatic heterocycles. The maximum absolute atomic E-state index is 5.92. The van der Waals surface area contributed by atoms with Gasteiger partial charge in [-0.05, 0) is 24.0 Å². The van der Waals surface area contributed by atoms with E-state index in [1.807, 2.05) is 6.07 Å². The molecule has 5 nitrogen and oxygen atoms in total. The van der Waals surface area contributed by atoms with Gasteiger partial charge in [0.2, 0.25) is 5.88 Å². The summed E-state index contributed by atoms with van der Waals surface area (Å²) in [5, 5.41) is 5.79. The second kappa shape index (κ2) is 7.15. The van der Waals surface area contributed by atoms with Crippen molar-refractivity contribution in [3.63, 3.8) is 0 Å². The lowest BCUT2D eigenvalue weighted by Crippen LogP contribution is -3.00. The van der Waals surface area contributed by atoms with Crippen LogP contribution < -0.4 is 27.8 Å². The first-order valence-corrected chi connectivity index (χ1v) is 8.00. The van der Waals surface area contributed by atoms with Gasteiger partial charge in [-0.3, -0.25) is 0 Å². The Morgan fingerprint density at radius 3 is 2.61 bits per heavy atom. The number of ether oxygens (including phenoxy) is 1. The second-order valence-electron chi connectivity index (χ2n) is 6.10. The maximum atomic E-state index is 5.92. The summed E-state index contributed by atoms with van der Waals surface area (Å²) in [6, 6.07) is 11.0. The van der Waals surface area contributed by atoms with Crippen molar-refractivity contribution in [3.05, 3.63) is 47.8 Å². The van der Waals surface area contributed by atoms with E-state index in [4.69, 9.17) is 4.74 Å². The van der Waals surface area contributed by atoms with Gasteiger partial charge in [0.1, 0.15) is 18.7 Å². The van der Waals surface area contributed by atoms with Gasteiger partial charge in [0, 0.05) is 18.5 Å². The molecule has 1 atom stereocenters. The average molecular weight is 333 g/mol. The van der Waals surface area contributed by atoms with Crippen LogP contribution in [0.5, 0.6) is 5.88 Å². The van der Waals surface area contributed by atoms with Crippen molar-refractivity contribution in [3.8, 4) is 5.88 Å². The third-order valence-corrected chi connectivity index (χ3v) is 4.45. The van der Waals surface area contributed by atoms with Crippen molar-refractivity contribution in [1.29, 1.82) is 0 Å². The summed E-state index contributed by atoms with van der Waals surface area (Å²) < 4.78 is 5.92. The van der Waals surface area contributed by atoms with E-state index in [0.29, 0.717) is 11.9 Å². The Kier molecular flexibility index (Phi) is 4.98. The standard InChI is InChI=1S/C17H20N4O.ClH/c1-2-4-13-8-14(7-12(13)3-1)21-16-9-17(20-11-19-16)22-15-5-6-18-10-15;/h1-4,9,11,14-15,18H,5-8,10H2,(H,19,20,21);1H. The summed E-state index contributed by atoms with van der Waals surface area (Å²) in [6.07, 6.45) is 5.05. The smallest absolute Gasteiger partial charge is 0.218 e. The van der Waals surface area contributed by atoms with Crippen LogP contribution in [0.3, 0.4) is 0 Å². The van der Waals surface area contributed by atoms with Crippen LogP contribution in [0.4, 0.5) is 5.82 Å². The lowest BCUT2D eigenvalue weighted by Gasteiger charge is -2.14. The Bertz CT molecular complexity index is 636. The van der Waals surface area contributed by atoms with Crippen LogP contribution in [0.25, 0.3) is 0 Å². The molecule has 2 heterocycles. The topological polar surface area (TPSA) is 63.6 Å². The average Bonchev–Trinajstić information content (AvgIpc) is 3.16. The monoisotopic (exact) mass is 332 g/mol. The molecule has 122 valence electrons. The molecular weight excluding hydrogens is 312 g/mol. The first kappa shape index (κ1) is 16.0. The molecule has 1 aliphatic heterocycles. The van der Waals surface area contributed by atoms with Crippen molar-refractivity contribution in [2.45, 2.75) is 31.4 Å². The van der Waals surface area contributed by atoms with E-state index < -0.39 is 0 Å². The van der Waals surface area contributed by atoms with Crippen LogP contribution in [0.1, 0.15) is 17.5 Å². The van der Waals surface area contributed by atoms with Crippen molar-refractivity contribution in [2.75, 3.05) is 18.4 Å². The molecule has 0 spiro atoms. The fraction of sp³-hybridized carbons (Fsp3) is 0.412. The quantitative estimate of drug-likeness (QED) is 0.665. The molecule has 6 heteroatoms. The minimum Gasteiger partial charge on any atom is -1.00 e. The molecule has 3 N–H and O–H groups in total. The Hall–Kier alpha value is -1.85. The van der Waals surface area contributed by atoms with Crippen molar-refractivity contribution < 1.29 is 22.5 Å². The number of quaternary nitrogens is 1. The van der Waals surface area contributed by atoms with Crippen LogP contribution in [0.2, 0.25) is 0 Å². The van der Waals surface area contributed by atoms with Crippen LogP contribution in [-0.2, 0) is 12.8 Å². The molecular formula is C17H21ClN4O. The molecule has 4 rings (SSSR count). The zero-order valence-corrected chi connectivity index (χ0v) is 13.7. The Morgan fingerprint density at radius 1 is 1.13 bits per heavy atom. The molecule has 1 aromatic carbocycles. The second-order valence-corrected chi connectivity index (χ2v) is 6.10. The summed E-state index contributed by atoms with van der Waals surface area (Å²) in [7, 11) is 0. The number of nitrogens with zero attached hydrogens (tertiary/aromatic N) is 2. The number of aromatic nitrogens is 2. The minimum absolute atomic E-state index is 0. The van der Waals surface area contributed by atoms with E-state index >= 15 is 0 Å². The van der Waals surface area contributed by atoms with E-state index in [2.05, 4.69) is 44.9 Å². The summed E-state index contributed by atoms with van der Waals surface area (Å²) in [6.45, 7) is 2.16. The number of nitrogens with two attached hydrogens (primary N) is 1. The lowest BCUT2D eigenvalue weighted by molar-refractivity contribution is -0.638. The first-order valence-electron chi connectivity index (χ1n) is 8.00. The van der Waals surface area contributed by atoms with Crippen LogP contribution in [-0.4, -0.2) is 35.2 Å². The fourth-order valence-electron chi connectivity index (χ4n) is 3.36. The van der Waals surface area contributed by atoms with Gasteiger partial charge in [0.25, 0.3) is 0 Å². The predicted octanol–water partition coefficient (Wildman–Crippen LogP) is -2.23. The third kappa shape index (κ3) is 3.74. The van der Waals surface area contributed by atoms with E-state index in [0.717, 1.165) is 38.2 Å². The number of fused-ring (bicyclic) bond motifs is 1. The molecule has 1 saturated heterocycles. The molecule has 0 radical (unpaired) electrons. The molecule has 0 saturated carbocycles. The zero-order valence-electron chi connectivity index (χ0n) is 12.9. The summed E-state index contributed by atoms with van der Waals surface area (Å²) in [5.74, 6) is 1.53. The van der Waals surface area contributed by atoms with E-state index in [-0.39, 0.29) is 18.5 Å². The molecule has 1 unspecified atom stereocenters. The van der Waals surface area contributed by atoms with Gasteiger partial charge < -0.3 is 27.8 Å². The minimum atomic E-state index is 0. The van der Waals surface area contributed by atoms with Gasteiger partial charge in [-0.2, -0.15) is 0 Å². The summed E-state index contributed by atoms with van der Waals surface area (Å²) >= 11 is 0. The van der Waals surface area contributed by atoms with Gasteiger partial charge in [-0.25, -0.2) is 9.97 Å². The number of rotatable bonds is 4. The molecule has 0 bridgehead atoms. The van der Waals surface area contributed by atoms with E-state index in [1.54, 1.807) is 6.33 Å². The van der Waals surface area contributed by atoms with Crippen molar-refractivity contribution in [1.82, 2.24) is 9.97 Å². The molecule has 1 aliphatic carbocycles. The van der Waals surface area contributed by atoms with Crippen molar-refractivity contribution in [2.24, 2.45) is 0 Å². The molecule has 2 aromatic rings. The SMILES string of the molecule is [Cl-].c1ccc2c(c1)CC(Nc1cc(OC3CC[NH2+]C3)ncn1)C2. The van der Waals surface area contributed by atoms with Gasteiger partial charge in [0.05, 0.1) is 6.54 Å². The van der Waals surface area contributed by atoms with E-state index in [9.17, 15) is 0 Å². The van der Waals surface area contributed by atoms with Gasteiger partial charge in [-0.1, -0.05) is 24.3 Å². The number of hydrogen-bond acceptors (Lipinski definition) is 4. The highest BCUT2D eigenvalue weighted by atomic mass is 35.5. The normalized spacial score (nSPS) is 19.9.